The van der Waals surface area contributed by atoms with E-state index in [1.807, 2.05) is 0 Å². The van der Waals surface area contributed by atoms with Gasteiger partial charge in [0.05, 0.1) is 0 Å². The summed E-state index contributed by atoms with van der Waals surface area (Å²) in [5.74, 6) is 6.90. The van der Waals surface area contributed by atoms with Crippen molar-refractivity contribution in [1.82, 2.24) is 0 Å². The first kappa shape index (κ1) is 15.1. The molecule has 0 aliphatic heterocycles. The van der Waals surface area contributed by atoms with E-state index in [0.717, 1.165) is 46.8 Å². The van der Waals surface area contributed by atoms with Crippen LogP contribution in [0.4, 0.5) is 0 Å². The third-order valence-electron chi connectivity index (χ3n) is 9.12. The van der Waals surface area contributed by atoms with Crippen molar-refractivity contribution in [2.75, 3.05) is 0 Å². The van der Waals surface area contributed by atoms with Crippen LogP contribution < -0.4 is 0 Å². The largest absolute Gasteiger partial charge is 0.229 e. The molecule has 6 saturated carbocycles. The van der Waals surface area contributed by atoms with Crippen LogP contribution in [0.25, 0.3) is 0 Å². The number of hydrogen-bond donors (Lipinski definition) is 0. The highest BCUT2D eigenvalue weighted by molar-refractivity contribution is 9.24. The molecule has 0 radical (unpaired) electrons. The van der Waals surface area contributed by atoms with Crippen molar-refractivity contribution in [3.63, 3.8) is 0 Å². The van der Waals surface area contributed by atoms with E-state index in [2.05, 4.69) is 50.4 Å². The second-order valence-corrected chi connectivity index (χ2v) is 11.3. The lowest BCUT2D eigenvalue weighted by molar-refractivity contribution is -0.100. The van der Waals surface area contributed by atoms with Crippen molar-refractivity contribution in [2.24, 2.45) is 40.4 Å². The Labute approximate surface area is 140 Å². The average molecular weight is 351 g/mol. The summed E-state index contributed by atoms with van der Waals surface area (Å²) < 4.78 is 0. The van der Waals surface area contributed by atoms with E-state index in [4.69, 9.17) is 0 Å². The predicted octanol–water partition coefficient (Wildman–Crippen LogP) is 6.27. The number of hydrogen-bond acceptors (Lipinski definition) is 0. The summed E-state index contributed by atoms with van der Waals surface area (Å²) in [6.07, 6.45) is 7.55. The monoisotopic (exact) mass is 350 g/mol. The molecule has 0 saturated heterocycles. The molecule has 7 atom stereocenters. The molecule has 0 nitrogen and oxygen atoms in total. The molecular formula is C19H32BBr. The van der Waals surface area contributed by atoms with Gasteiger partial charge < -0.3 is 0 Å². The first-order valence-corrected chi connectivity index (χ1v) is 10.3. The van der Waals surface area contributed by atoms with Gasteiger partial charge in [-0.05, 0) is 59.1 Å². The molecule has 0 N–H and O–H groups in total. The first-order chi connectivity index (χ1) is 9.73. The molecule has 0 aromatic heterocycles. The highest BCUT2D eigenvalue weighted by atomic mass is 79.9. The minimum absolute atomic E-state index is 0.638. The van der Waals surface area contributed by atoms with E-state index in [1.54, 1.807) is 0 Å². The quantitative estimate of drug-likeness (QED) is 0.514. The lowest BCUT2D eigenvalue weighted by atomic mass is 9.32. The highest BCUT2D eigenvalue weighted by Crippen LogP contribution is 2.68. The Hall–Kier alpha value is 0.545. The van der Waals surface area contributed by atoms with E-state index in [9.17, 15) is 0 Å². The van der Waals surface area contributed by atoms with Crippen molar-refractivity contribution in [1.29, 1.82) is 0 Å². The Morgan fingerprint density at radius 2 is 1.38 bits per heavy atom. The second-order valence-electron chi connectivity index (χ2n) is 10.2. The minimum Gasteiger partial charge on any atom is -0.156 e. The van der Waals surface area contributed by atoms with Gasteiger partial charge in [0.15, 0.2) is 0 Å². The molecule has 0 heterocycles. The van der Waals surface area contributed by atoms with Crippen molar-refractivity contribution < 1.29 is 0 Å². The van der Waals surface area contributed by atoms with E-state index >= 15 is 0 Å². The highest BCUT2D eigenvalue weighted by Gasteiger charge is 2.60. The van der Waals surface area contributed by atoms with Crippen LogP contribution in [0.5, 0.6) is 0 Å². The van der Waals surface area contributed by atoms with Gasteiger partial charge in [-0.2, -0.15) is 15.8 Å². The molecule has 6 rings (SSSR count). The van der Waals surface area contributed by atoms with Crippen LogP contribution in [-0.2, 0) is 0 Å². The summed E-state index contributed by atoms with van der Waals surface area (Å²) in [6.45, 7) is 12.7. The molecule has 4 bridgehead atoms. The number of fused-ring (bicyclic) bond motifs is 4. The van der Waals surface area contributed by atoms with Crippen LogP contribution in [0.2, 0.25) is 11.6 Å². The fourth-order valence-electron chi connectivity index (χ4n) is 6.97. The van der Waals surface area contributed by atoms with Crippen LogP contribution in [-0.4, -0.2) is 5.54 Å². The van der Waals surface area contributed by atoms with Gasteiger partial charge in [-0.3, -0.25) is 0 Å². The SMILES string of the molecule is C[C@@H]1[C@H]2C[C@@H](C[C@H]1B(Br)C1C[C@@H]3C[C@H](C1)C3(C)C)C2(C)C. The zero-order chi connectivity index (χ0) is 15.2. The zero-order valence-corrected chi connectivity index (χ0v) is 16.1. The number of halogens is 1. The number of rotatable bonds is 2. The topological polar surface area (TPSA) is 0 Å². The molecular weight excluding hydrogens is 319 g/mol. The van der Waals surface area contributed by atoms with Gasteiger partial charge in [0.25, 0.3) is 0 Å². The first-order valence-electron chi connectivity index (χ1n) is 9.37. The summed E-state index contributed by atoms with van der Waals surface area (Å²) in [5.41, 5.74) is 2.10. The van der Waals surface area contributed by atoms with Gasteiger partial charge >= 0.3 is 0 Å². The summed E-state index contributed by atoms with van der Waals surface area (Å²) in [4.78, 5) is 0. The van der Waals surface area contributed by atoms with Gasteiger partial charge in [-0.1, -0.05) is 59.7 Å². The Morgan fingerprint density at radius 3 is 1.86 bits per heavy atom. The Morgan fingerprint density at radius 1 is 0.810 bits per heavy atom. The van der Waals surface area contributed by atoms with E-state index in [1.165, 1.54) is 32.1 Å². The van der Waals surface area contributed by atoms with Gasteiger partial charge in [-0.15, -0.1) is 0 Å². The van der Waals surface area contributed by atoms with Crippen LogP contribution >= 0.6 is 15.8 Å². The maximum atomic E-state index is 4.21. The standard InChI is InChI=1S/C19H32BBr/c1-11-16-9-14(19(16,4)5)10-17(11)20(21)15-7-12-6-13(8-15)18(12,2)3/h11-17H,6-10H2,1-5H3/t11-,12-,13+,14+,15?,16-,17-/m1/s1. The van der Waals surface area contributed by atoms with Gasteiger partial charge in [0.1, 0.15) is 0 Å². The van der Waals surface area contributed by atoms with Gasteiger partial charge in [-0.25, -0.2) is 0 Å². The molecule has 2 heteroatoms. The van der Waals surface area contributed by atoms with Crippen molar-refractivity contribution in [3.8, 4) is 0 Å². The summed E-state index contributed by atoms with van der Waals surface area (Å²) >= 11 is 4.21. The molecule has 6 aliphatic carbocycles. The Bertz CT molecular complexity index is 429. The normalized spacial score (nSPS) is 52.6. The summed E-state index contributed by atoms with van der Waals surface area (Å²) in [5, 5.41) is 0. The summed E-state index contributed by atoms with van der Waals surface area (Å²) in [6, 6.07) is 0. The van der Waals surface area contributed by atoms with Gasteiger partial charge in [0.2, 0.25) is 5.54 Å². The second kappa shape index (κ2) is 4.55. The third-order valence-corrected chi connectivity index (χ3v) is 10.5. The average Bonchev–Trinajstić information content (AvgIpc) is 2.46. The lowest BCUT2D eigenvalue weighted by Crippen LogP contribution is -2.56. The van der Waals surface area contributed by atoms with Crippen LogP contribution in [0.3, 0.4) is 0 Å². The maximum Gasteiger partial charge on any atom is 0.229 e. The van der Waals surface area contributed by atoms with Crippen molar-refractivity contribution >= 4 is 21.3 Å². The van der Waals surface area contributed by atoms with E-state index in [-0.39, 0.29) is 0 Å². The molecule has 0 amide bonds. The molecule has 0 aromatic rings. The molecule has 118 valence electrons. The van der Waals surface area contributed by atoms with E-state index in [0.29, 0.717) is 10.8 Å². The van der Waals surface area contributed by atoms with Crippen LogP contribution in [0, 0.1) is 40.4 Å². The third kappa shape index (κ3) is 1.93. The van der Waals surface area contributed by atoms with E-state index < -0.39 is 0 Å². The fourth-order valence-corrected chi connectivity index (χ4v) is 8.10. The lowest BCUT2D eigenvalue weighted by Gasteiger charge is -2.64. The molecule has 6 aliphatic rings. The molecule has 21 heavy (non-hydrogen) atoms. The molecule has 1 unspecified atom stereocenters. The fraction of sp³-hybridized carbons (Fsp3) is 1.00. The Balaban J connectivity index is 1.44. The minimum atomic E-state index is 0.638. The summed E-state index contributed by atoms with van der Waals surface area (Å²) in [7, 11) is 0. The van der Waals surface area contributed by atoms with Crippen molar-refractivity contribution in [2.45, 2.75) is 78.4 Å². The van der Waals surface area contributed by atoms with Crippen LogP contribution in [0.1, 0.15) is 66.7 Å². The zero-order valence-electron chi connectivity index (χ0n) is 14.5. The van der Waals surface area contributed by atoms with Gasteiger partial charge in [0, 0.05) is 0 Å². The van der Waals surface area contributed by atoms with Crippen LogP contribution in [0.15, 0.2) is 0 Å². The Kier molecular flexibility index (Phi) is 3.27. The predicted molar refractivity (Wildman–Crippen MR) is 96.0 cm³/mol. The maximum absolute atomic E-state index is 4.21. The smallest absolute Gasteiger partial charge is 0.156 e. The van der Waals surface area contributed by atoms with Crippen molar-refractivity contribution in [3.05, 3.63) is 0 Å². The molecule has 6 fully saturated rings. The molecule has 0 aromatic carbocycles. The molecule has 0 spiro atoms.